The molecule has 0 heterocycles. The third kappa shape index (κ3) is 5.25. The summed E-state index contributed by atoms with van der Waals surface area (Å²) in [7, 11) is 0. The summed E-state index contributed by atoms with van der Waals surface area (Å²) < 4.78 is 0. The predicted octanol–water partition coefficient (Wildman–Crippen LogP) is 3.07. The Bertz CT molecular complexity index is 195. The van der Waals surface area contributed by atoms with Gasteiger partial charge < -0.3 is 4.90 Å². The van der Waals surface area contributed by atoms with Gasteiger partial charge in [0.15, 0.2) is 0 Å². The first-order chi connectivity index (χ1) is 6.04. The number of hydrogen-bond donors (Lipinski definition) is 0. The zero-order valence-electron chi connectivity index (χ0n) is 10.8. The summed E-state index contributed by atoms with van der Waals surface area (Å²) in [5.74, 6) is 0.168. The van der Waals surface area contributed by atoms with E-state index in [2.05, 4.69) is 41.5 Å². The van der Waals surface area contributed by atoms with E-state index in [1.54, 1.807) is 6.92 Å². The van der Waals surface area contributed by atoms with E-state index in [1.165, 1.54) is 0 Å². The molecule has 2 heteroatoms. The number of rotatable bonds is 2. The highest BCUT2D eigenvalue weighted by Gasteiger charge is 2.24. The van der Waals surface area contributed by atoms with E-state index < -0.39 is 0 Å². The molecule has 0 aromatic carbocycles. The molecule has 0 spiro atoms. The van der Waals surface area contributed by atoms with E-state index in [4.69, 9.17) is 0 Å². The second-order valence-corrected chi connectivity index (χ2v) is 6.15. The lowest BCUT2D eigenvalue weighted by atomic mass is 9.91. The van der Waals surface area contributed by atoms with Gasteiger partial charge in [-0.25, -0.2) is 0 Å². The normalized spacial score (nSPS) is 12.8. The molecule has 0 aliphatic heterocycles. The van der Waals surface area contributed by atoms with Crippen LogP contribution in [0.2, 0.25) is 0 Å². The molecule has 0 rings (SSSR count). The van der Waals surface area contributed by atoms with Crippen molar-refractivity contribution in [2.75, 3.05) is 6.54 Å². The van der Waals surface area contributed by atoms with Crippen molar-refractivity contribution in [3.05, 3.63) is 0 Å². The molecule has 0 saturated heterocycles. The number of carbonyl (C=O) groups is 1. The second-order valence-electron chi connectivity index (χ2n) is 6.15. The maximum absolute atomic E-state index is 11.4. The summed E-state index contributed by atoms with van der Waals surface area (Å²) >= 11 is 0. The van der Waals surface area contributed by atoms with Gasteiger partial charge in [0.25, 0.3) is 0 Å². The Labute approximate surface area is 88.7 Å². The smallest absolute Gasteiger partial charge is 0.219 e. The van der Waals surface area contributed by atoms with Crippen LogP contribution in [0, 0.1) is 5.41 Å². The predicted molar refractivity (Wildman–Crippen MR) is 61.2 cm³/mol. The fraction of sp³-hybridized carbons (Fsp3) is 0.917. The van der Waals surface area contributed by atoms with Crippen LogP contribution in [0.5, 0.6) is 0 Å². The molecular formula is C12H25NO. The molecule has 0 atom stereocenters. The van der Waals surface area contributed by atoms with E-state index >= 15 is 0 Å². The van der Waals surface area contributed by atoms with E-state index in [9.17, 15) is 4.79 Å². The molecule has 14 heavy (non-hydrogen) atoms. The summed E-state index contributed by atoms with van der Waals surface area (Å²) in [6.07, 6.45) is 1.05. The lowest BCUT2D eigenvalue weighted by Gasteiger charge is -2.36. The summed E-state index contributed by atoms with van der Waals surface area (Å²) in [6.45, 7) is 15.3. The molecule has 0 bridgehead atoms. The van der Waals surface area contributed by atoms with Crippen molar-refractivity contribution in [3.8, 4) is 0 Å². The lowest BCUT2D eigenvalue weighted by molar-refractivity contribution is -0.133. The van der Waals surface area contributed by atoms with Gasteiger partial charge in [-0.05, 0) is 32.6 Å². The highest BCUT2D eigenvalue weighted by molar-refractivity contribution is 5.74. The molecule has 0 fully saturated rings. The Hall–Kier alpha value is -0.530. The van der Waals surface area contributed by atoms with Crippen molar-refractivity contribution in [2.24, 2.45) is 5.41 Å². The maximum atomic E-state index is 11.4. The Balaban J connectivity index is 4.35. The van der Waals surface area contributed by atoms with Crippen LogP contribution in [0.1, 0.15) is 54.9 Å². The average molecular weight is 199 g/mol. The minimum absolute atomic E-state index is 0.0584. The second kappa shape index (κ2) is 4.33. The summed E-state index contributed by atoms with van der Waals surface area (Å²) in [5, 5.41) is 0. The Morgan fingerprint density at radius 2 is 1.50 bits per heavy atom. The average Bonchev–Trinajstić information content (AvgIpc) is 1.79. The molecule has 0 aromatic heterocycles. The van der Waals surface area contributed by atoms with Crippen LogP contribution in [0.4, 0.5) is 0 Å². The van der Waals surface area contributed by atoms with Crippen molar-refractivity contribution in [1.82, 2.24) is 4.90 Å². The third-order valence-electron chi connectivity index (χ3n) is 2.28. The van der Waals surface area contributed by atoms with Crippen LogP contribution in [0.15, 0.2) is 0 Å². The maximum Gasteiger partial charge on any atom is 0.219 e. The molecular weight excluding hydrogens is 174 g/mol. The summed E-state index contributed by atoms with van der Waals surface area (Å²) in [6, 6.07) is 0. The first kappa shape index (κ1) is 13.5. The molecule has 0 N–H and O–H groups in total. The summed E-state index contributed by atoms with van der Waals surface area (Å²) in [5.41, 5.74) is 0.232. The molecule has 2 nitrogen and oxygen atoms in total. The third-order valence-corrected chi connectivity index (χ3v) is 2.28. The van der Waals surface area contributed by atoms with E-state index in [0.29, 0.717) is 5.41 Å². The zero-order chi connectivity index (χ0) is 11.6. The number of carbonyl (C=O) groups excluding carboxylic acids is 1. The fourth-order valence-corrected chi connectivity index (χ4v) is 1.41. The van der Waals surface area contributed by atoms with Crippen molar-refractivity contribution >= 4 is 5.91 Å². The van der Waals surface area contributed by atoms with Crippen LogP contribution >= 0.6 is 0 Å². The molecule has 0 aliphatic rings. The highest BCUT2D eigenvalue weighted by atomic mass is 16.2. The quantitative estimate of drug-likeness (QED) is 0.669. The standard InChI is InChI=1S/C12H25NO/c1-10(14)13(12(5,6)7)9-8-11(2,3)4/h8-9H2,1-7H3. The van der Waals surface area contributed by atoms with Gasteiger partial charge in [-0.1, -0.05) is 20.8 Å². The van der Waals surface area contributed by atoms with Crippen molar-refractivity contribution < 1.29 is 4.79 Å². The molecule has 0 saturated carbocycles. The minimum Gasteiger partial charge on any atom is -0.338 e. The Kier molecular flexibility index (Phi) is 4.16. The monoisotopic (exact) mass is 199 g/mol. The first-order valence-corrected chi connectivity index (χ1v) is 5.32. The van der Waals surface area contributed by atoms with Gasteiger partial charge in [0.2, 0.25) is 5.91 Å². The molecule has 1 amide bonds. The highest BCUT2D eigenvalue weighted by Crippen LogP contribution is 2.22. The Morgan fingerprint density at radius 3 is 1.71 bits per heavy atom. The lowest BCUT2D eigenvalue weighted by Crippen LogP contribution is -2.45. The fourth-order valence-electron chi connectivity index (χ4n) is 1.41. The largest absolute Gasteiger partial charge is 0.338 e. The SMILES string of the molecule is CC(=O)N(CCC(C)(C)C)C(C)(C)C. The number of hydrogen-bond acceptors (Lipinski definition) is 1. The van der Waals surface area contributed by atoms with Crippen molar-refractivity contribution in [3.63, 3.8) is 0 Å². The Morgan fingerprint density at radius 1 is 1.07 bits per heavy atom. The summed E-state index contributed by atoms with van der Waals surface area (Å²) in [4.78, 5) is 13.4. The van der Waals surface area contributed by atoms with E-state index in [-0.39, 0.29) is 11.4 Å². The van der Waals surface area contributed by atoms with Gasteiger partial charge in [-0.2, -0.15) is 0 Å². The minimum atomic E-state index is -0.0584. The molecule has 0 aromatic rings. The molecule has 0 aliphatic carbocycles. The van der Waals surface area contributed by atoms with Crippen LogP contribution in [-0.4, -0.2) is 22.9 Å². The van der Waals surface area contributed by atoms with Gasteiger partial charge >= 0.3 is 0 Å². The molecule has 0 radical (unpaired) electrons. The number of amides is 1. The van der Waals surface area contributed by atoms with Crippen LogP contribution < -0.4 is 0 Å². The van der Waals surface area contributed by atoms with Crippen LogP contribution in [-0.2, 0) is 4.79 Å². The van der Waals surface area contributed by atoms with Crippen LogP contribution in [0.3, 0.4) is 0 Å². The zero-order valence-corrected chi connectivity index (χ0v) is 10.8. The van der Waals surface area contributed by atoms with Gasteiger partial charge in [-0.15, -0.1) is 0 Å². The van der Waals surface area contributed by atoms with Crippen molar-refractivity contribution in [2.45, 2.75) is 60.4 Å². The van der Waals surface area contributed by atoms with E-state index in [1.807, 2.05) is 4.90 Å². The van der Waals surface area contributed by atoms with Gasteiger partial charge in [0, 0.05) is 19.0 Å². The van der Waals surface area contributed by atoms with Gasteiger partial charge in [-0.3, -0.25) is 4.79 Å². The van der Waals surface area contributed by atoms with Crippen molar-refractivity contribution in [1.29, 1.82) is 0 Å². The first-order valence-electron chi connectivity index (χ1n) is 5.32. The topological polar surface area (TPSA) is 20.3 Å². The van der Waals surface area contributed by atoms with Gasteiger partial charge in [0.05, 0.1) is 0 Å². The van der Waals surface area contributed by atoms with E-state index in [0.717, 1.165) is 13.0 Å². The molecule has 84 valence electrons. The van der Waals surface area contributed by atoms with Gasteiger partial charge in [0.1, 0.15) is 0 Å². The number of nitrogens with zero attached hydrogens (tertiary/aromatic N) is 1. The molecule has 0 unspecified atom stereocenters. The van der Waals surface area contributed by atoms with Crippen LogP contribution in [0.25, 0.3) is 0 Å².